The molecule has 0 spiro atoms. The number of rotatable bonds is 1. The van der Waals surface area contributed by atoms with Gasteiger partial charge in [0, 0.05) is 19.0 Å². The summed E-state index contributed by atoms with van der Waals surface area (Å²) in [5, 5.41) is 0. The molecule has 0 saturated heterocycles. The average molecular weight is 211 g/mol. The Labute approximate surface area is 89.1 Å². The van der Waals surface area contributed by atoms with Gasteiger partial charge < -0.3 is 4.90 Å². The molecule has 1 aromatic rings. The monoisotopic (exact) mass is 211 g/mol. The highest BCUT2D eigenvalue weighted by Crippen LogP contribution is 2.20. The first-order chi connectivity index (χ1) is 6.09. The van der Waals surface area contributed by atoms with Crippen molar-refractivity contribution < 1.29 is 0 Å². The number of thioether (sulfide) groups is 1. The number of hydrogen-bond donors (Lipinski definition) is 0. The lowest BCUT2D eigenvalue weighted by molar-refractivity contribution is 0.648. The quantitative estimate of drug-likeness (QED) is 0.519. The molecule has 0 atom stereocenters. The zero-order valence-corrected chi connectivity index (χ0v) is 9.71. The Morgan fingerprint density at radius 1 is 1.23 bits per heavy atom. The summed E-state index contributed by atoms with van der Waals surface area (Å²) in [4.78, 5) is 3.14. The topological polar surface area (TPSA) is 3.24 Å². The summed E-state index contributed by atoms with van der Waals surface area (Å²) in [6, 6.07) is 8.38. The molecule has 1 nitrogen and oxygen atoms in total. The molecule has 1 rings (SSSR count). The summed E-state index contributed by atoms with van der Waals surface area (Å²) in [5.74, 6) is 0. The van der Waals surface area contributed by atoms with Crippen LogP contribution in [0.5, 0.6) is 0 Å². The number of hydrogen-bond acceptors (Lipinski definition) is 2. The van der Waals surface area contributed by atoms with E-state index in [1.165, 1.54) is 10.5 Å². The molecule has 0 bridgehead atoms. The average Bonchev–Trinajstić information content (AvgIpc) is 2.08. The minimum Gasteiger partial charge on any atom is -0.363 e. The molecule has 0 unspecified atom stereocenters. The fraction of sp³-hybridized carbons (Fsp3) is 0.300. The first-order valence-corrected chi connectivity index (χ1v) is 5.28. The van der Waals surface area contributed by atoms with Crippen LogP contribution in [0, 0.1) is 6.92 Å². The van der Waals surface area contributed by atoms with Crippen LogP contribution < -0.4 is 0 Å². The fourth-order valence-corrected chi connectivity index (χ4v) is 1.74. The molecule has 0 N–H and O–H groups in total. The van der Waals surface area contributed by atoms with E-state index < -0.39 is 0 Å². The van der Waals surface area contributed by atoms with Crippen molar-refractivity contribution >= 4 is 28.3 Å². The molecule has 0 heterocycles. The van der Waals surface area contributed by atoms with E-state index in [1.54, 1.807) is 11.8 Å². The van der Waals surface area contributed by atoms with Gasteiger partial charge in [-0.25, -0.2) is 0 Å². The number of aryl methyl sites for hydroxylation is 1. The van der Waals surface area contributed by atoms with Crippen LogP contribution in [-0.2, 0) is 0 Å². The van der Waals surface area contributed by atoms with Crippen molar-refractivity contribution in [2.24, 2.45) is 0 Å². The van der Waals surface area contributed by atoms with E-state index >= 15 is 0 Å². The Kier molecular flexibility index (Phi) is 3.75. The van der Waals surface area contributed by atoms with Gasteiger partial charge in [-0.15, -0.1) is 0 Å². The Morgan fingerprint density at radius 2 is 1.77 bits per heavy atom. The van der Waals surface area contributed by atoms with Gasteiger partial charge in [0.1, 0.15) is 4.32 Å². The molecule has 0 saturated carbocycles. The van der Waals surface area contributed by atoms with E-state index in [2.05, 4.69) is 31.2 Å². The lowest BCUT2D eigenvalue weighted by Gasteiger charge is -2.12. The minimum atomic E-state index is 0.892. The van der Waals surface area contributed by atoms with Crippen LogP contribution in [0.3, 0.4) is 0 Å². The van der Waals surface area contributed by atoms with Gasteiger partial charge in [0.2, 0.25) is 0 Å². The molecule has 3 heteroatoms. The molecule has 0 aliphatic heterocycles. The molecule has 0 aliphatic carbocycles. The smallest absolute Gasteiger partial charge is 0.140 e. The van der Waals surface area contributed by atoms with Crippen LogP contribution >= 0.6 is 24.0 Å². The summed E-state index contributed by atoms with van der Waals surface area (Å²) < 4.78 is 0.892. The zero-order chi connectivity index (χ0) is 9.84. The Balaban J connectivity index is 2.65. The van der Waals surface area contributed by atoms with E-state index in [0.717, 1.165) is 4.32 Å². The maximum Gasteiger partial charge on any atom is 0.140 e. The van der Waals surface area contributed by atoms with E-state index in [1.807, 2.05) is 19.0 Å². The van der Waals surface area contributed by atoms with Gasteiger partial charge in [-0.1, -0.05) is 41.7 Å². The van der Waals surface area contributed by atoms with E-state index in [0.29, 0.717) is 0 Å². The molecule has 70 valence electrons. The molecule has 13 heavy (non-hydrogen) atoms. The second kappa shape index (κ2) is 4.63. The van der Waals surface area contributed by atoms with Gasteiger partial charge in [-0.3, -0.25) is 0 Å². The predicted molar refractivity (Wildman–Crippen MR) is 63.3 cm³/mol. The van der Waals surface area contributed by atoms with Crippen LogP contribution in [0.2, 0.25) is 0 Å². The maximum absolute atomic E-state index is 5.18. The third-order valence-corrected chi connectivity index (χ3v) is 3.25. The normalized spacial score (nSPS) is 9.77. The third kappa shape index (κ3) is 3.36. The largest absolute Gasteiger partial charge is 0.363 e. The third-order valence-electron chi connectivity index (χ3n) is 1.59. The van der Waals surface area contributed by atoms with Crippen molar-refractivity contribution in [3.8, 4) is 0 Å². The molecule has 1 aromatic carbocycles. The molecule has 0 aliphatic rings. The van der Waals surface area contributed by atoms with Gasteiger partial charge in [-0.05, 0) is 19.1 Å². The molecular weight excluding hydrogens is 198 g/mol. The highest BCUT2D eigenvalue weighted by atomic mass is 32.2. The van der Waals surface area contributed by atoms with E-state index in [-0.39, 0.29) is 0 Å². The Hall–Kier alpha value is -0.540. The first-order valence-electron chi connectivity index (χ1n) is 4.05. The number of thiocarbonyl (C=S) groups is 1. The minimum absolute atomic E-state index is 0.892. The molecule has 0 amide bonds. The van der Waals surface area contributed by atoms with Gasteiger partial charge in [0.25, 0.3) is 0 Å². The Bertz CT molecular complexity index is 290. The number of nitrogens with zero attached hydrogens (tertiary/aromatic N) is 1. The van der Waals surface area contributed by atoms with Crippen molar-refractivity contribution in [3.63, 3.8) is 0 Å². The van der Waals surface area contributed by atoms with Crippen molar-refractivity contribution in [2.75, 3.05) is 14.1 Å². The molecule has 0 fully saturated rings. The second-order valence-corrected chi connectivity index (χ2v) is 4.78. The fourth-order valence-electron chi connectivity index (χ4n) is 0.798. The van der Waals surface area contributed by atoms with E-state index in [4.69, 9.17) is 12.2 Å². The van der Waals surface area contributed by atoms with Crippen molar-refractivity contribution in [1.29, 1.82) is 0 Å². The molecule has 0 radical (unpaired) electrons. The van der Waals surface area contributed by atoms with Gasteiger partial charge in [0.05, 0.1) is 0 Å². The van der Waals surface area contributed by atoms with Gasteiger partial charge >= 0.3 is 0 Å². The van der Waals surface area contributed by atoms with Gasteiger partial charge in [-0.2, -0.15) is 0 Å². The standard InChI is InChI=1S/C10H13NS2/c1-8-4-6-9(7-5-8)13-10(12)11(2)3/h4-7H,1-3H3. The van der Waals surface area contributed by atoms with Crippen LogP contribution in [0.25, 0.3) is 0 Å². The number of benzene rings is 1. The van der Waals surface area contributed by atoms with E-state index in [9.17, 15) is 0 Å². The lowest BCUT2D eigenvalue weighted by Crippen LogP contribution is -2.15. The maximum atomic E-state index is 5.18. The van der Waals surface area contributed by atoms with Crippen LogP contribution in [0.4, 0.5) is 0 Å². The summed E-state index contributed by atoms with van der Waals surface area (Å²) in [6.45, 7) is 2.08. The van der Waals surface area contributed by atoms with Gasteiger partial charge in [0.15, 0.2) is 0 Å². The highest BCUT2D eigenvalue weighted by molar-refractivity contribution is 8.22. The lowest BCUT2D eigenvalue weighted by atomic mass is 10.2. The van der Waals surface area contributed by atoms with Crippen LogP contribution in [0.15, 0.2) is 29.2 Å². The Morgan fingerprint density at radius 3 is 2.23 bits per heavy atom. The summed E-state index contributed by atoms with van der Waals surface area (Å²) in [7, 11) is 3.92. The van der Waals surface area contributed by atoms with Crippen LogP contribution in [-0.4, -0.2) is 23.3 Å². The summed E-state index contributed by atoms with van der Waals surface area (Å²) in [6.07, 6.45) is 0. The van der Waals surface area contributed by atoms with Crippen LogP contribution in [0.1, 0.15) is 5.56 Å². The molecular formula is C10H13NS2. The highest BCUT2D eigenvalue weighted by Gasteiger charge is 2.01. The van der Waals surface area contributed by atoms with Crippen molar-refractivity contribution in [1.82, 2.24) is 4.90 Å². The second-order valence-electron chi connectivity index (χ2n) is 3.08. The predicted octanol–water partition coefficient (Wildman–Crippen LogP) is 2.93. The molecule has 0 aromatic heterocycles. The summed E-state index contributed by atoms with van der Waals surface area (Å²) in [5.41, 5.74) is 1.28. The van der Waals surface area contributed by atoms with Crippen molar-refractivity contribution in [3.05, 3.63) is 29.8 Å². The SMILES string of the molecule is Cc1ccc(SC(=S)N(C)C)cc1. The first kappa shape index (κ1) is 10.5. The zero-order valence-electron chi connectivity index (χ0n) is 8.07. The van der Waals surface area contributed by atoms with Crippen molar-refractivity contribution in [2.45, 2.75) is 11.8 Å². The summed E-state index contributed by atoms with van der Waals surface area (Å²) >= 11 is 6.80.